The molecule has 3 aromatic rings. The molecule has 31 heavy (non-hydrogen) atoms. The van der Waals surface area contributed by atoms with Gasteiger partial charge in [-0.05, 0) is 68.4 Å². The molecule has 0 spiro atoms. The topological polar surface area (TPSA) is 70.4 Å². The van der Waals surface area contributed by atoms with Crippen LogP contribution in [0.4, 0.5) is 0 Å². The average Bonchev–Trinajstić information content (AvgIpc) is 3.17. The Labute approximate surface area is 185 Å². The Kier molecular flexibility index (Phi) is 6.70. The highest BCUT2D eigenvalue weighted by molar-refractivity contribution is 7.18. The van der Waals surface area contributed by atoms with Gasteiger partial charge in [0.2, 0.25) is 0 Å². The summed E-state index contributed by atoms with van der Waals surface area (Å²) >= 11 is 1.71. The van der Waals surface area contributed by atoms with Crippen molar-refractivity contribution >= 4 is 27.5 Å². The van der Waals surface area contributed by atoms with Crippen molar-refractivity contribution in [1.82, 2.24) is 9.55 Å². The number of fused-ring (bicyclic) bond motifs is 3. The van der Waals surface area contributed by atoms with Crippen molar-refractivity contribution in [1.29, 1.82) is 0 Å². The molecule has 1 aromatic carbocycles. The number of methoxy groups -OCH3 is 1. The van der Waals surface area contributed by atoms with Crippen molar-refractivity contribution in [2.24, 2.45) is 0 Å². The third-order valence-corrected chi connectivity index (χ3v) is 6.88. The van der Waals surface area contributed by atoms with Gasteiger partial charge in [-0.2, -0.15) is 0 Å². The molecule has 0 fully saturated rings. The number of hydrogen-bond donors (Lipinski definition) is 0. The fraction of sp³-hybridized carbons (Fsp3) is 0.458. The summed E-state index contributed by atoms with van der Waals surface area (Å²) in [5.74, 6) is 1.20. The van der Waals surface area contributed by atoms with Crippen LogP contribution in [0.5, 0.6) is 5.75 Å². The van der Waals surface area contributed by atoms with E-state index in [1.54, 1.807) is 35.6 Å². The quantitative estimate of drug-likeness (QED) is 0.380. The van der Waals surface area contributed by atoms with Crippen LogP contribution in [0.15, 0.2) is 29.1 Å². The average molecular weight is 441 g/mol. The number of nitrogens with zero attached hydrogens (tertiary/aromatic N) is 2. The van der Waals surface area contributed by atoms with Gasteiger partial charge in [-0.15, -0.1) is 11.3 Å². The summed E-state index contributed by atoms with van der Waals surface area (Å²) in [6, 6.07) is 6.88. The molecule has 0 saturated carbocycles. The van der Waals surface area contributed by atoms with Crippen LogP contribution in [0.25, 0.3) is 10.2 Å². The monoisotopic (exact) mass is 440 g/mol. The zero-order valence-corrected chi connectivity index (χ0v) is 18.9. The number of ether oxygens (including phenoxy) is 2. The lowest BCUT2D eigenvalue weighted by Gasteiger charge is -2.14. The predicted molar refractivity (Wildman–Crippen MR) is 122 cm³/mol. The Morgan fingerprint density at radius 2 is 1.97 bits per heavy atom. The Balaban J connectivity index is 1.48. The van der Waals surface area contributed by atoms with E-state index in [0.29, 0.717) is 30.9 Å². The van der Waals surface area contributed by atoms with Crippen LogP contribution in [0.1, 0.15) is 59.2 Å². The molecular formula is C24H28N2O4S. The van der Waals surface area contributed by atoms with Gasteiger partial charge in [0.25, 0.3) is 5.56 Å². The maximum atomic E-state index is 13.4. The third kappa shape index (κ3) is 4.51. The molecule has 0 atom stereocenters. The maximum Gasteiger partial charge on any atom is 0.337 e. The van der Waals surface area contributed by atoms with Gasteiger partial charge in [0.1, 0.15) is 16.4 Å². The van der Waals surface area contributed by atoms with Crippen LogP contribution in [0.3, 0.4) is 0 Å². The van der Waals surface area contributed by atoms with Crippen molar-refractivity contribution in [2.45, 2.75) is 58.4 Å². The summed E-state index contributed by atoms with van der Waals surface area (Å²) in [4.78, 5) is 32.1. The molecule has 7 heteroatoms. The van der Waals surface area contributed by atoms with Crippen molar-refractivity contribution < 1.29 is 14.3 Å². The van der Waals surface area contributed by atoms with E-state index >= 15 is 0 Å². The minimum absolute atomic E-state index is 0.107. The molecule has 0 radical (unpaired) electrons. The highest BCUT2D eigenvalue weighted by Crippen LogP contribution is 2.33. The first kappa shape index (κ1) is 21.6. The Morgan fingerprint density at radius 1 is 1.19 bits per heavy atom. The van der Waals surface area contributed by atoms with Crippen LogP contribution < -0.4 is 10.3 Å². The molecule has 0 aliphatic heterocycles. The minimum atomic E-state index is -0.368. The molecule has 0 amide bonds. The fourth-order valence-electron chi connectivity index (χ4n) is 4.14. The first-order valence-corrected chi connectivity index (χ1v) is 11.8. The Hall–Kier alpha value is -2.67. The summed E-state index contributed by atoms with van der Waals surface area (Å²) in [5, 5.41) is 0.846. The molecule has 0 bridgehead atoms. The van der Waals surface area contributed by atoms with Crippen LogP contribution in [0.2, 0.25) is 0 Å². The minimum Gasteiger partial charge on any atom is -0.494 e. The largest absolute Gasteiger partial charge is 0.494 e. The molecule has 4 rings (SSSR count). The van der Waals surface area contributed by atoms with Gasteiger partial charge in [-0.1, -0.05) is 6.92 Å². The van der Waals surface area contributed by atoms with E-state index in [0.717, 1.165) is 48.1 Å². The molecule has 1 aliphatic carbocycles. The number of hydrogen-bond acceptors (Lipinski definition) is 6. The number of aryl methyl sites for hydroxylation is 3. The van der Waals surface area contributed by atoms with Gasteiger partial charge >= 0.3 is 5.97 Å². The third-order valence-electron chi connectivity index (χ3n) is 5.70. The van der Waals surface area contributed by atoms with Crippen LogP contribution >= 0.6 is 11.3 Å². The number of esters is 1. The molecule has 1 aliphatic rings. The van der Waals surface area contributed by atoms with Gasteiger partial charge in [0, 0.05) is 17.8 Å². The van der Waals surface area contributed by atoms with Gasteiger partial charge < -0.3 is 9.47 Å². The molecule has 2 aromatic heterocycles. The molecule has 6 nitrogen and oxygen atoms in total. The summed E-state index contributed by atoms with van der Waals surface area (Å²) in [7, 11) is 1.36. The smallest absolute Gasteiger partial charge is 0.337 e. The molecule has 0 unspecified atom stereocenters. The van der Waals surface area contributed by atoms with Gasteiger partial charge in [0.05, 0.1) is 24.7 Å². The van der Waals surface area contributed by atoms with Gasteiger partial charge in [-0.3, -0.25) is 9.36 Å². The molecule has 164 valence electrons. The summed E-state index contributed by atoms with van der Waals surface area (Å²) < 4.78 is 12.4. The first-order valence-electron chi connectivity index (χ1n) is 11.0. The van der Waals surface area contributed by atoms with Gasteiger partial charge in [-0.25, -0.2) is 9.78 Å². The van der Waals surface area contributed by atoms with E-state index < -0.39 is 0 Å². The Morgan fingerprint density at radius 3 is 2.71 bits per heavy atom. The zero-order chi connectivity index (χ0) is 21.8. The number of benzene rings is 1. The summed E-state index contributed by atoms with van der Waals surface area (Å²) in [5.41, 5.74) is 1.84. The van der Waals surface area contributed by atoms with Crippen LogP contribution in [0, 0.1) is 0 Å². The van der Waals surface area contributed by atoms with E-state index in [1.165, 1.54) is 24.0 Å². The van der Waals surface area contributed by atoms with Gasteiger partial charge in [0.15, 0.2) is 0 Å². The lowest BCUT2D eigenvalue weighted by atomic mass is 9.97. The van der Waals surface area contributed by atoms with E-state index in [-0.39, 0.29) is 11.5 Å². The number of rotatable bonds is 8. The van der Waals surface area contributed by atoms with E-state index in [4.69, 9.17) is 14.5 Å². The second kappa shape index (κ2) is 9.64. The summed E-state index contributed by atoms with van der Waals surface area (Å²) in [6.45, 7) is 3.18. The Bertz CT molecular complexity index is 1130. The number of thiophene rings is 1. The van der Waals surface area contributed by atoms with E-state index in [2.05, 4.69) is 6.92 Å². The molecular weight excluding hydrogens is 412 g/mol. The number of carbonyl (C=O) groups is 1. The van der Waals surface area contributed by atoms with Crippen LogP contribution in [-0.2, 0) is 30.5 Å². The zero-order valence-electron chi connectivity index (χ0n) is 18.1. The fourth-order valence-corrected chi connectivity index (χ4v) is 5.41. The highest BCUT2D eigenvalue weighted by Gasteiger charge is 2.21. The molecule has 0 N–H and O–H groups in total. The standard InChI is InChI=1S/C24H28N2O4S/c1-3-7-20-25-22-21(18-8-4-5-9-19(18)31-22)23(27)26(20)14-6-15-30-17-12-10-16(11-13-17)24(28)29-2/h10-13H,3-9,14-15H2,1-2H3. The summed E-state index contributed by atoms with van der Waals surface area (Å²) in [6.07, 6.45) is 6.86. The van der Waals surface area contributed by atoms with E-state index in [1.807, 2.05) is 4.57 Å². The SMILES string of the molecule is CCCc1nc2sc3c(c2c(=O)n1CCCOc1ccc(C(=O)OC)cc1)CCCC3. The number of carbonyl (C=O) groups excluding carboxylic acids is 1. The highest BCUT2D eigenvalue weighted by atomic mass is 32.1. The normalized spacial score (nSPS) is 13.2. The second-order valence-corrected chi connectivity index (χ2v) is 8.93. The van der Waals surface area contributed by atoms with Crippen molar-refractivity contribution in [2.75, 3.05) is 13.7 Å². The van der Waals surface area contributed by atoms with Crippen molar-refractivity contribution in [3.05, 3.63) is 56.4 Å². The number of aromatic nitrogens is 2. The lowest BCUT2D eigenvalue weighted by molar-refractivity contribution is 0.0600. The molecule has 0 saturated heterocycles. The lowest BCUT2D eigenvalue weighted by Crippen LogP contribution is -2.26. The van der Waals surface area contributed by atoms with E-state index in [9.17, 15) is 9.59 Å². The molecule has 2 heterocycles. The van der Waals surface area contributed by atoms with Crippen molar-refractivity contribution in [3.8, 4) is 5.75 Å². The van der Waals surface area contributed by atoms with Crippen molar-refractivity contribution in [3.63, 3.8) is 0 Å². The first-order chi connectivity index (χ1) is 15.1. The van der Waals surface area contributed by atoms with Crippen LogP contribution in [-0.4, -0.2) is 29.2 Å². The predicted octanol–water partition coefficient (Wildman–Crippen LogP) is 4.55. The maximum absolute atomic E-state index is 13.4. The second-order valence-electron chi connectivity index (χ2n) is 7.84.